The quantitative estimate of drug-likeness (QED) is 0.709. The third-order valence-electron chi connectivity index (χ3n) is 5.21. The first-order valence-corrected chi connectivity index (χ1v) is 11.3. The normalized spacial score (nSPS) is 19.1. The second kappa shape index (κ2) is 9.60. The molecule has 1 saturated heterocycles. The van der Waals surface area contributed by atoms with Crippen molar-refractivity contribution in [1.82, 2.24) is 9.62 Å². The topological polar surface area (TPSA) is 84.9 Å². The van der Waals surface area contributed by atoms with E-state index in [4.69, 9.17) is 9.47 Å². The number of hydrogen-bond donors (Lipinski definition) is 1. The molecule has 0 bridgehead atoms. The van der Waals surface area contributed by atoms with Gasteiger partial charge in [0.25, 0.3) is 0 Å². The van der Waals surface area contributed by atoms with Gasteiger partial charge in [0, 0.05) is 13.1 Å². The van der Waals surface area contributed by atoms with Crippen molar-refractivity contribution in [3.63, 3.8) is 0 Å². The van der Waals surface area contributed by atoms with Gasteiger partial charge in [-0.1, -0.05) is 6.92 Å². The van der Waals surface area contributed by atoms with Gasteiger partial charge in [0.1, 0.15) is 0 Å². The van der Waals surface area contributed by atoms with Crippen molar-refractivity contribution in [1.29, 1.82) is 0 Å². The van der Waals surface area contributed by atoms with Crippen molar-refractivity contribution in [3.05, 3.63) is 23.3 Å². The van der Waals surface area contributed by atoms with Crippen LogP contribution in [0.4, 0.5) is 0 Å². The largest absolute Gasteiger partial charge is 0.493 e. The molecule has 8 heteroatoms. The first-order valence-electron chi connectivity index (χ1n) is 9.74. The summed E-state index contributed by atoms with van der Waals surface area (Å²) in [5.41, 5.74) is 1.93. The molecule has 158 valence electrons. The fourth-order valence-electron chi connectivity index (χ4n) is 3.67. The minimum atomic E-state index is -3.28. The number of piperidine rings is 1. The van der Waals surface area contributed by atoms with Crippen LogP contribution in [-0.2, 0) is 14.8 Å². The first-order chi connectivity index (χ1) is 13.2. The van der Waals surface area contributed by atoms with E-state index in [9.17, 15) is 13.2 Å². The van der Waals surface area contributed by atoms with Crippen molar-refractivity contribution < 1.29 is 22.7 Å². The number of carbonyl (C=O) groups excluding carboxylic acids is 1. The molecule has 1 aromatic carbocycles. The first kappa shape index (κ1) is 22.5. The number of amides is 1. The van der Waals surface area contributed by atoms with Gasteiger partial charge in [-0.25, -0.2) is 12.7 Å². The lowest BCUT2D eigenvalue weighted by Crippen LogP contribution is -2.46. The molecule has 0 radical (unpaired) electrons. The van der Waals surface area contributed by atoms with Gasteiger partial charge in [0.15, 0.2) is 11.5 Å². The Morgan fingerprint density at radius 2 is 1.93 bits per heavy atom. The van der Waals surface area contributed by atoms with E-state index in [1.54, 1.807) is 14.2 Å². The summed E-state index contributed by atoms with van der Waals surface area (Å²) in [5, 5.41) is 3.04. The van der Waals surface area contributed by atoms with E-state index in [-0.39, 0.29) is 30.2 Å². The van der Waals surface area contributed by atoms with Crippen molar-refractivity contribution in [3.8, 4) is 11.5 Å². The Morgan fingerprint density at radius 3 is 2.54 bits per heavy atom. The van der Waals surface area contributed by atoms with Gasteiger partial charge in [0.2, 0.25) is 15.9 Å². The molecule has 2 atom stereocenters. The summed E-state index contributed by atoms with van der Waals surface area (Å²) in [6.07, 6.45) is 1.97. The highest BCUT2D eigenvalue weighted by atomic mass is 32.2. The zero-order chi connectivity index (χ0) is 20.9. The van der Waals surface area contributed by atoms with Crippen LogP contribution >= 0.6 is 0 Å². The lowest BCUT2D eigenvalue weighted by Gasteiger charge is -2.32. The number of ether oxygens (including phenoxy) is 2. The third kappa shape index (κ3) is 5.17. The van der Waals surface area contributed by atoms with E-state index in [0.717, 1.165) is 11.1 Å². The van der Waals surface area contributed by atoms with Gasteiger partial charge in [0.05, 0.1) is 31.9 Å². The van der Waals surface area contributed by atoms with Crippen LogP contribution in [0.1, 0.15) is 50.3 Å². The van der Waals surface area contributed by atoms with Gasteiger partial charge < -0.3 is 14.8 Å². The summed E-state index contributed by atoms with van der Waals surface area (Å²) in [4.78, 5) is 12.8. The van der Waals surface area contributed by atoms with E-state index in [1.807, 2.05) is 32.9 Å². The zero-order valence-electron chi connectivity index (χ0n) is 17.4. The molecule has 7 nitrogen and oxygen atoms in total. The number of carbonyl (C=O) groups is 1. The Labute approximate surface area is 168 Å². The fourth-order valence-corrected chi connectivity index (χ4v) is 5.26. The van der Waals surface area contributed by atoms with E-state index < -0.39 is 10.0 Å². The van der Waals surface area contributed by atoms with Crippen LogP contribution in [0.5, 0.6) is 11.5 Å². The standard InChI is InChI=1S/C20H32N2O5S/c1-6-10-28(24,25)22-9-7-8-16(13-22)20(23)21-15(3)17-12-19(27-5)18(26-4)11-14(17)2/h11-12,15-16H,6-10,13H2,1-5H3,(H,21,23)/t15-,16+/m0/s1. The zero-order valence-corrected chi connectivity index (χ0v) is 18.3. The van der Waals surface area contributed by atoms with Crippen molar-refractivity contribution in [2.24, 2.45) is 5.92 Å². The maximum absolute atomic E-state index is 12.8. The van der Waals surface area contributed by atoms with Gasteiger partial charge in [-0.2, -0.15) is 0 Å². The Morgan fingerprint density at radius 1 is 1.29 bits per heavy atom. The SMILES string of the molecule is CCCS(=O)(=O)N1CCC[C@@H](C(=O)N[C@@H](C)c2cc(OC)c(OC)cc2C)C1. The molecule has 1 aliphatic heterocycles. The average molecular weight is 413 g/mol. The van der Waals surface area contributed by atoms with Gasteiger partial charge in [-0.15, -0.1) is 0 Å². The molecule has 2 rings (SSSR count). The van der Waals surface area contributed by atoms with Crippen LogP contribution < -0.4 is 14.8 Å². The predicted octanol–water partition coefficient (Wildman–Crippen LogP) is 2.64. The molecule has 0 unspecified atom stereocenters. The smallest absolute Gasteiger partial charge is 0.224 e. The second-order valence-electron chi connectivity index (χ2n) is 7.31. The molecule has 0 aromatic heterocycles. The molecule has 1 heterocycles. The average Bonchev–Trinajstić information content (AvgIpc) is 2.67. The van der Waals surface area contributed by atoms with Gasteiger partial charge in [-0.05, 0) is 56.4 Å². The number of rotatable bonds is 8. The summed E-state index contributed by atoms with van der Waals surface area (Å²) >= 11 is 0. The minimum absolute atomic E-state index is 0.113. The van der Waals surface area contributed by atoms with Crippen LogP contribution in [0.25, 0.3) is 0 Å². The number of benzene rings is 1. The maximum Gasteiger partial charge on any atom is 0.224 e. The molecule has 1 fully saturated rings. The van der Waals surface area contributed by atoms with Gasteiger partial charge >= 0.3 is 0 Å². The molecule has 1 aliphatic rings. The molecule has 0 aliphatic carbocycles. The molecular weight excluding hydrogens is 380 g/mol. The second-order valence-corrected chi connectivity index (χ2v) is 9.40. The van der Waals surface area contributed by atoms with E-state index in [0.29, 0.717) is 37.3 Å². The van der Waals surface area contributed by atoms with E-state index in [1.165, 1.54) is 4.31 Å². The Balaban J connectivity index is 2.10. The summed E-state index contributed by atoms with van der Waals surface area (Å²) in [6, 6.07) is 3.53. The highest BCUT2D eigenvalue weighted by molar-refractivity contribution is 7.89. The minimum Gasteiger partial charge on any atom is -0.493 e. The summed E-state index contributed by atoms with van der Waals surface area (Å²) in [7, 11) is -0.117. The molecule has 28 heavy (non-hydrogen) atoms. The lowest BCUT2D eigenvalue weighted by molar-refractivity contribution is -0.126. The number of aryl methyl sites for hydroxylation is 1. The molecule has 1 N–H and O–H groups in total. The Hall–Kier alpha value is -1.80. The lowest BCUT2D eigenvalue weighted by atomic mass is 9.96. The number of nitrogens with one attached hydrogen (secondary N) is 1. The number of hydrogen-bond acceptors (Lipinski definition) is 5. The van der Waals surface area contributed by atoms with Crippen LogP contribution in [0, 0.1) is 12.8 Å². The van der Waals surface area contributed by atoms with E-state index >= 15 is 0 Å². The van der Waals surface area contributed by atoms with Crippen LogP contribution in [0.2, 0.25) is 0 Å². The monoisotopic (exact) mass is 412 g/mol. The third-order valence-corrected chi connectivity index (χ3v) is 7.25. The molecule has 1 amide bonds. The van der Waals surface area contributed by atoms with E-state index in [2.05, 4.69) is 5.32 Å². The summed E-state index contributed by atoms with van der Waals surface area (Å²) in [5.74, 6) is 0.939. The predicted molar refractivity (Wildman–Crippen MR) is 109 cm³/mol. The molecule has 0 saturated carbocycles. The highest BCUT2D eigenvalue weighted by Crippen LogP contribution is 2.33. The van der Waals surface area contributed by atoms with Crippen molar-refractivity contribution >= 4 is 15.9 Å². The Kier molecular flexibility index (Phi) is 7.71. The van der Waals surface area contributed by atoms with Crippen molar-refractivity contribution in [2.75, 3.05) is 33.1 Å². The molecule has 0 spiro atoms. The fraction of sp³-hybridized carbons (Fsp3) is 0.650. The molecular formula is C20H32N2O5S. The maximum atomic E-state index is 12.8. The van der Waals surface area contributed by atoms with Crippen LogP contribution in [0.15, 0.2) is 12.1 Å². The number of nitrogens with zero attached hydrogens (tertiary/aromatic N) is 1. The van der Waals surface area contributed by atoms with Gasteiger partial charge in [-0.3, -0.25) is 4.79 Å². The Bertz CT molecular complexity index is 794. The number of methoxy groups -OCH3 is 2. The van der Waals surface area contributed by atoms with Crippen molar-refractivity contribution in [2.45, 2.75) is 46.1 Å². The summed E-state index contributed by atoms with van der Waals surface area (Å²) < 4.78 is 36.8. The summed E-state index contributed by atoms with van der Waals surface area (Å²) in [6.45, 7) is 6.47. The van der Waals surface area contributed by atoms with Crippen LogP contribution in [0.3, 0.4) is 0 Å². The molecule has 1 aromatic rings. The number of sulfonamides is 1. The van der Waals surface area contributed by atoms with Crippen LogP contribution in [-0.4, -0.2) is 51.7 Å². The highest BCUT2D eigenvalue weighted by Gasteiger charge is 2.32.